The average Bonchev–Trinajstić information content (AvgIpc) is 2.53. The first-order chi connectivity index (χ1) is 8.89. The first kappa shape index (κ1) is 12.4. The third-order valence-corrected chi connectivity index (χ3v) is 4.27. The quantitative estimate of drug-likeness (QED) is 0.692. The van der Waals surface area contributed by atoms with E-state index in [9.17, 15) is 9.90 Å². The van der Waals surface area contributed by atoms with Crippen LogP contribution in [0.25, 0.3) is 0 Å². The van der Waals surface area contributed by atoms with E-state index in [4.69, 9.17) is 4.74 Å². The molecule has 3 rings (SSSR count). The standard InChI is InChI=1S/C14H18N2O3/c1-4-19-11(17)14-9-7-5-6-8-10(9)15-12(14,2)16-13(14,3)18/h5-8,15-16,18H,4H2,1-3H3/t12?,13?,14-/m0/s1. The van der Waals surface area contributed by atoms with Crippen molar-refractivity contribution in [3.63, 3.8) is 0 Å². The molecule has 1 aromatic rings. The molecule has 1 fully saturated rings. The summed E-state index contributed by atoms with van der Waals surface area (Å²) in [5.74, 6) is -0.404. The number of ether oxygens (including phenoxy) is 1. The maximum atomic E-state index is 12.6. The molecule has 2 unspecified atom stereocenters. The summed E-state index contributed by atoms with van der Waals surface area (Å²) >= 11 is 0. The Kier molecular flexibility index (Phi) is 2.29. The highest BCUT2D eigenvalue weighted by Gasteiger charge is 2.79. The maximum absolute atomic E-state index is 12.6. The third-order valence-electron chi connectivity index (χ3n) is 4.27. The lowest BCUT2D eigenvalue weighted by molar-refractivity contribution is -0.208. The number of rotatable bonds is 2. The highest BCUT2D eigenvalue weighted by Crippen LogP contribution is 2.59. The summed E-state index contributed by atoms with van der Waals surface area (Å²) in [6, 6.07) is 7.52. The normalized spacial score (nSPS) is 38.7. The van der Waals surface area contributed by atoms with E-state index in [1.807, 2.05) is 31.2 Å². The van der Waals surface area contributed by atoms with Crippen molar-refractivity contribution in [2.24, 2.45) is 0 Å². The van der Waals surface area contributed by atoms with E-state index in [1.54, 1.807) is 13.8 Å². The number of aliphatic hydroxyl groups is 1. The van der Waals surface area contributed by atoms with Gasteiger partial charge in [-0.05, 0) is 26.8 Å². The number of benzene rings is 1. The summed E-state index contributed by atoms with van der Waals surface area (Å²) in [5, 5.41) is 16.9. The van der Waals surface area contributed by atoms with Gasteiger partial charge in [-0.25, -0.2) is 0 Å². The first-order valence-electron chi connectivity index (χ1n) is 6.45. The maximum Gasteiger partial charge on any atom is 0.324 e. The van der Waals surface area contributed by atoms with Gasteiger partial charge in [-0.1, -0.05) is 18.2 Å². The van der Waals surface area contributed by atoms with E-state index in [1.165, 1.54) is 0 Å². The number of nitrogens with one attached hydrogen (secondary N) is 2. The lowest BCUT2D eigenvalue weighted by atomic mass is 9.59. The molecule has 0 aliphatic carbocycles. The van der Waals surface area contributed by atoms with Gasteiger partial charge < -0.3 is 15.2 Å². The molecule has 3 N–H and O–H groups in total. The van der Waals surface area contributed by atoms with Gasteiger partial charge in [0, 0.05) is 11.3 Å². The SMILES string of the molecule is CCOC(=O)[C@@]12c3ccccc3NC1(C)NC2(C)O. The van der Waals surface area contributed by atoms with Gasteiger partial charge in [-0.15, -0.1) is 0 Å². The van der Waals surface area contributed by atoms with Gasteiger partial charge >= 0.3 is 5.97 Å². The van der Waals surface area contributed by atoms with Crippen LogP contribution < -0.4 is 10.6 Å². The van der Waals surface area contributed by atoms with Crippen molar-refractivity contribution in [1.82, 2.24) is 5.32 Å². The monoisotopic (exact) mass is 262 g/mol. The molecule has 2 heterocycles. The van der Waals surface area contributed by atoms with E-state index in [-0.39, 0.29) is 6.61 Å². The van der Waals surface area contributed by atoms with Gasteiger partial charge in [0.1, 0.15) is 11.4 Å². The summed E-state index contributed by atoms with van der Waals surface area (Å²) in [5.41, 5.74) is -1.56. The number of hydrogen-bond acceptors (Lipinski definition) is 5. The van der Waals surface area contributed by atoms with Crippen LogP contribution in [-0.2, 0) is 14.9 Å². The number of carbonyl (C=O) groups is 1. The minimum atomic E-state index is -1.34. The molecule has 0 radical (unpaired) electrons. The Morgan fingerprint density at radius 2 is 2.05 bits per heavy atom. The number of fused-ring (bicyclic) bond motifs is 3. The Labute approximate surface area is 112 Å². The van der Waals surface area contributed by atoms with Gasteiger partial charge in [0.05, 0.1) is 6.61 Å². The minimum Gasteiger partial charge on any atom is -0.465 e. The van der Waals surface area contributed by atoms with E-state index in [2.05, 4.69) is 10.6 Å². The van der Waals surface area contributed by atoms with Crippen LogP contribution in [0.2, 0.25) is 0 Å². The summed E-state index contributed by atoms with van der Waals surface area (Å²) in [6.07, 6.45) is 0. The molecule has 0 amide bonds. The Morgan fingerprint density at radius 1 is 1.37 bits per heavy atom. The van der Waals surface area contributed by atoms with Crippen LogP contribution in [0.4, 0.5) is 5.69 Å². The predicted octanol–water partition coefficient (Wildman–Crippen LogP) is 0.941. The van der Waals surface area contributed by atoms with Crippen molar-refractivity contribution in [1.29, 1.82) is 0 Å². The highest BCUT2D eigenvalue weighted by molar-refractivity contribution is 5.95. The summed E-state index contributed by atoms with van der Waals surface area (Å²) in [6.45, 7) is 5.52. The van der Waals surface area contributed by atoms with Crippen LogP contribution in [0.5, 0.6) is 0 Å². The second-order valence-electron chi connectivity index (χ2n) is 5.46. The van der Waals surface area contributed by atoms with E-state index < -0.39 is 22.8 Å². The molecule has 2 aliphatic rings. The van der Waals surface area contributed by atoms with E-state index in [0.29, 0.717) is 0 Å². The summed E-state index contributed by atoms with van der Waals surface area (Å²) < 4.78 is 5.23. The van der Waals surface area contributed by atoms with Gasteiger partial charge in [0.25, 0.3) is 0 Å². The highest BCUT2D eigenvalue weighted by atomic mass is 16.5. The molecular formula is C14H18N2O3. The molecule has 1 saturated heterocycles. The van der Waals surface area contributed by atoms with Crippen LogP contribution in [-0.4, -0.2) is 29.1 Å². The fourth-order valence-corrected chi connectivity index (χ4v) is 3.70. The summed E-state index contributed by atoms with van der Waals surface area (Å²) in [4.78, 5) is 12.6. The van der Waals surface area contributed by atoms with Crippen molar-refractivity contribution in [2.75, 3.05) is 11.9 Å². The molecule has 2 aliphatic heterocycles. The lowest BCUT2D eigenvalue weighted by Crippen LogP contribution is -2.89. The van der Waals surface area contributed by atoms with Gasteiger partial charge in [0.2, 0.25) is 0 Å². The van der Waals surface area contributed by atoms with Crippen molar-refractivity contribution in [3.05, 3.63) is 29.8 Å². The molecule has 3 atom stereocenters. The molecule has 0 saturated carbocycles. The molecule has 5 nitrogen and oxygen atoms in total. The molecule has 0 aromatic heterocycles. The Hall–Kier alpha value is -1.59. The lowest BCUT2D eigenvalue weighted by Gasteiger charge is -2.61. The topological polar surface area (TPSA) is 70.6 Å². The molecule has 19 heavy (non-hydrogen) atoms. The molecule has 0 bridgehead atoms. The zero-order valence-corrected chi connectivity index (χ0v) is 11.3. The fourth-order valence-electron chi connectivity index (χ4n) is 3.70. The molecular weight excluding hydrogens is 244 g/mol. The van der Waals surface area contributed by atoms with Crippen molar-refractivity contribution >= 4 is 11.7 Å². The second kappa shape index (κ2) is 3.49. The van der Waals surface area contributed by atoms with E-state index >= 15 is 0 Å². The number of carbonyl (C=O) groups excluding carboxylic acids is 1. The zero-order chi connectivity index (χ0) is 13.9. The average molecular weight is 262 g/mol. The van der Waals surface area contributed by atoms with Crippen LogP contribution in [0, 0.1) is 0 Å². The minimum absolute atomic E-state index is 0.287. The van der Waals surface area contributed by atoms with Crippen LogP contribution in [0.15, 0.2) is 24.3 Å². The van der Waals surface area contributed by atoms with E-state index in [0.717, 1.165) is 11.3 Å². The number of hydrogen-bond donors (Lipinski definition) is 3. The van der Waals surface area contributed by atoms with Crippen molar-refractivity contribution in [3.8, 4) is 0 Å². The summed E-state index contributed by atoms with van der Waals surface area (Å²) in [7, 11) is 0. The Morgan fingerprint density at radius 3 is 2.68 bits per heavy atom. The van der Waals surface area contributed by atoms with Gasteiger partial charge in [-0.2, -0.15) is 0 Å². The number of para-hydroxylation sites is 1. The first-order valence-corrected chi connectivity index (χ1v) is 6.45. The van der Waals surface area contributed by atoms with Gasteiger partial charge in [0.15, 0.2) is 5.41 Å². The van der Waals surface area contributed by atoms with Crippen molar-refractivity contribution < 1.29 is 14.6 Å². The predicted molar refractivity (Wildman–Crippen MR) is 70.5 cm³/mol. The molecule has 0 spiro atoms. The second-order valence-corrected chi connectivity index (χ2v) is 5.46. The third kappa shape index (κ3) is 1.19. The molecule has 1 aromatic carbocycles. The van der Waals surface area contributed by atoms with Crippen LogP contribution >= 0.6 is 0 Å². The van der Waals surface area contributed by atoms with Crippen molar-refractivity contribution in [2.45, 2.75) is 37.6 Å². The molecule has 5 heteroatoms. The van der Waals surface area contributed by atoms with Crippen LogP contribution in [0.3, 0.4) is 0 Å². The number of esters is 1. The smallest absolute Gasteiger partial charge is 0.324 e. The fraction of sp³-hybridized carbons (Fsp3) is 0.500. The zero-order valence-electron chi connectivity index (χ0n) is 11.3. The van der Waals surface area contributed by atoms with Gasteiger partial charge in [-0.3, -0.25) is 10.1 Å². The Bertz CT molecular complexity index is 557. The Balaban J connectivity index is 2.22. The molecule has 102 valence electrons. The van der Waals surface area contributed by atoms with Crippen LogP contribution in [0.1, 0.15) is 26.3 Å². The number of anilines is 1. The largest absolute Gasteiger partial charge is 0.465 e.